The van der Waals surface area contributed by atoms with E-state index in [0.717, 1.165) is 71.2 Å². The Morgan fingerprint density at radius 1 is 1.00 bits per heavy atom. The van der Waals surface area contributed by atoms with Gasteiger partial charge >= 0.3 is 0 Å². The van der Waals surface area contributed by atoms with Gasteiger partial charge < -0.3 is 14.8 Å². The van der Waals surface area contributed by atoms with Crippen LogP contribution in [0.25, 0.3) is 28.0 Å². The number of benzene rings is 1. The summed E-state index contributed by atoms with van der Waals surface area (Å²) >= 11 is 0. The number of hydrogen-bond donors (Lipinski definition) is 1. The van der Waals surface area contributed by atoms with Gasteiger partial charge in [0.05, 0.1) is 17.9 Å². The van der Waals surface area contributed by atoms with E-state index < -0.39 is 0 Å². The molecule has 0 aliphatic carbocycles. The number of aryl methyl sites for hydroxylation is 1. The van der Waals surface area contributed by atoms with Crippen molar-refractivity contribution < 1.29 is 9.47 Å². The van der Waals surface area contributed by atoms with Crippen LogP contribution in [0, 0.1) is 6.92 Å². The van der Waals surface area contributed by atoms with Crippen LogP contribution in [0.3, 0.4) is 0 Å². The Morgan fingerprint density at radius 2 is 1.84 bits per heavy atom. The second-order valence-electron chi connectivity index (χ2n) is 8.08. The van der Waals surface area contributed by atoms with Crippen LogP contribution in [0.5, 0.6) is 11.5 Å². The number of aromatic nitrogens is 5. The van der Waals surface area contributed by atoms with Crippen LogP contribution < -0.4 is 14.8 Å². The first-order chi connectivity index (χ1) is 15.3. The fourth-order valence-electron chi connectivity index (χ4n) is 4.47. The molecule has 0 radical (unpaired) electrons. The number of nitrogens with zero attached hydrogens (tertiary/aromatic N) is 5. The van der Waals surface area contributed by atoms with Gasteiger partial charge in [0.2, 0.25) is 0 Å². The van der Waals surface area contributed by atoms with Crippen molar-refractivity contribution in [2.24, 2.45) is 0 Å². The highest BCUT2D eigenvalue weighted by molar-refractivity contribution is 5.80. The van der Waals surface area contributed by atoms with Gasteiger partial charge in [-0.2, -0.15) is 5.10 Å². The number of nitrogens with one attached hydrogen (secondary N) is 1. The van der Waals surface area contributed by atoms with E-state index in [4.69, 9.17) is 19.4 Å². The van der Waals surface area contributed by atoms with Crippen molar-refractivity contribution in [3.8, 4) is 28.3 Å². The van der Waals surface area contributed by atoms with E-state index in [9.17, 15) is 0 Å². The van der Waals surface area contributed by atoms with E-state index in [1.54, 1.807) is 0 Å². The molecule has 0 unspecified atom stereocenters. The van der Waals surface area contributed by atoms with Gasteiger partial charge in [-0.1, -0.05) is 0 Å². The SMILES string of the molecule is Cc1nc2cc(-c3cnn(C4CCNCC4)c3)cnc2n1-c1ccc2c(c1)OCCO2. The average Bonchev–Trinajstić information content (AvgIpc) is 3.43. The summed E-state index contributed by atoms with van der Waals surface area (Å²) in [6.07, 6.45) is 8.18. The maximum Gasteiger partial charge on any atom is 0.164 e. The summed E-state index contributed by atoms with van der Waals surface area (Å²) in [5.41, 5.74) is 4.74. The van der Waals surface area contributed by atoms with Crippen LogP contribution in [0.2, 0.25) is 0 Å². The molecule has 0 spiro atoms. The van der Waals surface area contributed by atoms with Gasteiger partial charge in [-0.15, -0.1) is 0 Å². The quantitative estimate of drug-likeness (QED) is 0.552. The first kappa shape index (κ1) is 18.4. The summed E-state index contributed by atoms with van der Waals surface area (Å²) in [4.78, 5) is 9.55. The molecular formula is C23H24N6O2. The maximum absolute atomic E-state index is 5.75. The number of hydrogen-bond acceptors (Lipinski definition) is 6. The third kappa shape index (κ3) is 3.23. The monoisotopic (exact) mass is 416 g/mol. The van der Waals surface area contributed by atoms with Crippen molar-refractivity contribution in [1.82, 2.24) is 29.6 Å². The molecule has 0 saturated carbocycles. The van der Waals surface area contributed by atoms with Crippen LogP contribution in [0.4, 0.5) is 0 Å². The summed E-state index contributed by atoms with van der Waals surface area (Å²) in [5.74, 6) is 2.41. The number of ether oxygens (including phenoxy) is 2. The molecule has 0 bridgehead atoms. The predicted octanol–water partition coefficient (Wildman–Crippen LogP) is 3.29. The number of imidazole rings is 1. The van der Waals surface area contributed by atoms with E-state index in [1.807, 2.05) is 37.5 Å². The second-order valence-corrected chi connectivity index (χ2v) is 8.08. The molecule has 5 heterocycles. The van der Waals surface area contributed by atoms with E-state index >= 15 is 0 Å². The molecule has 4 aromatic rings. The minimum absolute atomic E-state index is 0.461. The normalized spacial score (nSPS) is 16.7. The summed E-state index contributed by atoms with van der Waals surface area (Å²) < 4.78 is 15.5. The van der Waals surface area contributed by atoms with Gasteiger partial charge in [-0.3, -0.25) is 9.25 Å². The Kier molecular flexibility index (Phi) is 4.38. The van der Waals surface area contributed by atoms with E-state index in [1.165, 1.54) is 0 Å². The third-order valence-corrected chi connectivity index (χ3v) is 6.07. The molecule has 1 N–H and O–H groups in total. The average molecular weight is 416 g/mol. The highest BCUT2D eigenvalue weighted by atomic mass is 16.6. The van der Waals surface area contributed by atoms with Crippen LogP contribution in [-0.2, 0) is 0 Å². The molecule has 0 amide bonds. The Hall–Kier alpha value is -3.39. The standard InChI is InChI=1S/C23H24N6O2/c1-15-27-20-10-16(17-13-26-28(14-17)18-4-6-24-7-5-18)12-25-23(20)29(15)19-2-3-21-22(11-19)31-9-8-30-21/h2-3,10-14,18,24H,4-9H2,1H3. The Labute approximate surface area is 179 Å². The molecule has 0 atom stereocenters. The van der Waals surface area contributed by atoms with E-state index in [-0.39, 0.29) is 0 Å². The Morgan fingerprint density at radius 3 is 2.71 bits per heavy atom. The number of fused-ring (bicyclic) bond motifs is 2. The van der Waals surface area contributed by atoms with E-state index in [0.29, 0.717) is 19.3 Å². The van der Waals surface area contributed by atoms with Crippen LogP contribution in [-0.4, -0.2) is 50.6 Å². The maximum atomic E-state index is 5.75. The molecule has 2 aliphatic heterocycles. The zero-order valence-electron chi connectivity index (χ0n) is 17.4. The first-order valence-corrected chi connectivity index (χ1v) is 10.8. The molecule has 1 saturated heterocycles. The predicted molar refractivity (Wildman–Crippen MR) is 117 cm³/mol. The van der Waals surface area contributed by atoms with Crippen LogP contribution >= 0.6 is 0 Å². The smallest absolute Gasteiger partial charge is 0.164 e. The highest BCUT2D eigenvalue weighted by Gasteiger charge is 2.18. The summed E-state index contributed by atoms with van der Waals surface area (Å²) in [7, 11) is 0. The largest absolute Gasteiger partial charge is 0.486 e. The lowest BCUT2D eigenvalue weighted by Gasteiger charge is -2.22. The number of rotatable bonds is 3. The van der Waals surface area contributed by atoms with Gasteiger partial charge in [0.15, 0.2) is 17.1 Å². The lowest BCUT2D eigenvalue weighted by Crippen LogP contribution is -2.29. The second kappa shape index (κ2) is 7.39. The van der Waals surface area contributed by atoms with Gasteiger partial charge in [0.1, 0.15) is 24.6 Å². The number of pyridine rings is 1. The molecule has 2 aliphatic rings. The molecule has 158 valence electrons. The summed E-state index contributed by atoms with van der Waals surface area (Å²) in [6, 6.07) is 8.50. The zero-order valence-corrected chi connectivity index (χ0v) is 17.4. The molecule has 31 heavy (non-hydrogen) atoms. The van der Waals surface area contributed by atoms with Crippen molar-refractivity contribution >= 4 is 11.2 Å². The molecule has 8 nitrogen and oxygen atoms in total. The zero-order chi connectivity index (χ0) is 20.8. The fourth-order valence-corrected chi connectivity index (χ4v) is 4.47. The fraction of sp³-hybridized carbons (Fsp3) is 0.348. The molecule has 6 rings (SSSR count). The van der Waals surface area contributed by atoms with Crippen LogP contribution in [0.1, 0.15) is 24.7 Å². The van der Waals surface area contributed by atoms with Crippen molar-refractivity contribution in [1.29, 1.82) is 0 Å². The van der Waals surface area contributed by atoms with Crippen molar-refractivity contribution in [2.45, 2.75) is 25.8 Å². The van der Waals surface area contributed by atoms with Gasteiger partial charge in [-0.25, -0.2) is 9.97 Å². The third-order valence-electron chi connectivity index (χ3n) is 6.07. The Bertz CT molecular complexity index is 1250. The van der Waals surface area contributed by atoms with Gasteiger partial charge in [-0.05, 0) is 51.1 Å². The topological polar surface area (TPSA) is 79.0 Å². The molecule has 1 fully saturated rings. The highest BCUT2D eigenvalue weighted by Crippen LogP contribution is 2.34. The minimum atomic E-state index is 0.461. The van der Waals surface area contributed by atoms with Gasteiger partial charge in [0.25, 0.3) is 0 Å². The summed E-state index contributed by atoms with van der Waals surface area (Å²) in [5, 5.41) is 8.02. The summed E-state index contributed by atoms with van der Waals surface area (Å²) in [6.45, 7) is 5.23. The molecule has 3 aromatic heterocycles. The molecular weight excluding hydrogens is 392 g/mol. The molecule has 1 aromatic carbocycles. The van der Waals surface area contributed by atoms with Crippen molar-refractivity contribution in [2.75, 3.05) is 26.3 Å². The molecule has 8 heteroatoms. The van der Waals surface area contributed by atoms with E-state index in [2.05, 4.69) is 31.9 Å². The number of piperidine rings is 1. The lowest BCUT2D eigenvalue weighted by atomic mass is 10.1. The van der Waals surface area contributed by atoms with Gasteiger partial charge in [0, 0.05) is 29.6 Å². The van der Waals surface area contributed by atoms with Crippen molar-refractivity contribution in [3.05, 3.63) is 48.7 Å². The van der Waals surface area contributed by atoms with Crippen molar-refractivity contribution in [3.63, 3.8) is 0 Å². The minimum Gasteiger partial charge on any atom is -0.486 e. The lowest BCUT2D eigenvalue weighted by molar-refractivity contribution is 0.171. The Balaban J connectivity index is 1.35. The van der Waals surface area contributed by atoms with Crippen LogP contribution in [0.15, 0.2) is 42.9 Å². The first-order valence-electron chi connectivity index (χ1n) is 10.8.